The molecule has 3 rings (SSSR count). The van der Waals surface area contributed by atoms with Gasteiger partial charge in [0.05, 0.1) is 22.6 Å². The van der Waals surface area contributed by atoms with E-state index in [1.807, 2.05) is 0 Å². The van der Waals surface area contributed by atoms with Crippen LogP contribution in [0, 0.1) is 0 Å². The number of hydrogen-bond donors (Lipinski definition) is 1. The first-order valence-electron chi connectivity index (χ1n) is 7.61. The van der Waals surface area contributed by atoms with Crippen LogP contribution in [-0.2, 0) is 10.0 Å². The lowest BCUT2D eigenvalue weighted by Gasteiger charge is -2.40. The third-order valence-corrected chi connectivity index (χ3v) is 7.49. The van der Waals surface area contributed by atoms with Crippen LogP contribution in [0.25, 0.3) is 0 Å². The van der Waals surface area contributed by atoms with Gasteiger partial charge >= 0.3 is 0 Å². The van der Waals surface area contributed by atoms with Crippen molar-refractivity contribution in [2.75, 3.05) is 18.9 Å². The number of hydrogen-bond acceptors (Lipinski definition) is 5. The Morgan fingerprint density at radius 1 is 1.30 bits per heavy atom. The van der Waals surface area contributed by atoms with E-state index in [-0.39, 0.29) is 17.5 Å². The Kier molecular flexibility index (Phi) is 5.32. The highest BCUT2D eigenvalue weighted by atomic mass is 35.5. The van der Waals surface area contributed by atoms with Gasteiger partial charge in [0.2, 0.25) is 10.0 Å². The van der Waals surface area contributed by atoms with Crippen molar-refractivity contribution in [3.63, 3.8) is 0 Å². The van der Waals surface area contributed by atoms with Crippen LogP contribution in [-0.4, -0.2) is 53.9 Å². The van der Waals surface area contributed by atoms with Crippen LogP contribution in [0.3, 0.4) is 0 Å². The quantitative estimate of drug-likeness (QED) is 0.878. The Balaban J connectivity index is 2.01. The first-order chi connectivity index (χ1) is 11.0. The number of aliphatic hydroxyl groups excluding tert-OH is 1. The van der Waals surface area contributed by atoms with Crippen LogP contribution >= 0.6 is 23.4 Å². The molecule has 1 N–H and O–H groups in total. The van der Waals surface area contributed by atoms with E-state index in [1.54, 1.807) is 23.9 Å². The molecule has 2 unspecified atom stereocenters. The van der Waals surface area contributed by atoms with Gasteiger partial charge in [-0.25, -0.2) is 8.42 Å². The molecule has 1 aromatic carbocycles. The van der Waals surface area contributed by atoms with Crippen molar-refractivity contribution in [2.45, 2.75) is 36.2 Å². The summed E-state index contributed by atoms with van der Waals surface area (Å²) in [4.78, 5) is 4.67. The zero-order valence-corrected chi connectivity index (χ0v) is 14.9. The summed E-state index contributed by atoms with van der Waals surface area (Å²) in [5.74, 6) is 0.893. The first-order valence-corrected chi connectivity index (χ1v) is 10.4. The fourth-order valence-electron chi connectivity index (χ4n) is 3.11. The van der Waals surface area contributed by atoms with Gasteiger partial charge in [0.1, 0.15) is 0 Å². The molecular weight excluding hydrogens is 356 g/mol. The van der Waals surface area contributed by atoms with Crippen molar-refractivity contribution in [3.05, 3.63) is 29.3 Å². The first kappa shape index (κ1) is 17.2. The van der Waals surface area contributed by atoms with Crippen LogP contribution in [0.4, 0.5) is 0 Å². The summed E-state index contributed by atoms with van der Waals surface area (Å²) < 4.78 is 27.8. The highest BCUT2D eigenvalue weighted by Gasteiger charge is 2.42. The van der Waals surface area contributed by atoms with E-state index in [1.165, 1.54) is 16.4 Å². The fraction of sp³-hybridized carbons (Fsp3) is 0.533. The van der Waals surface area contributed by atoms with Crippen molar-refractivity contribution in [2.24, 2.45) is 4.99 Å². The Hall–Kier alpha value is -0.600. The Morgan fingerprint density at radius 2 is 2.04 bits per heavy atom. The number of thioether (sulfide) groups is 1. The van der Waals surface area contributed by atoms with Gasteiger partial charge in [0.25, 0.3) is 0 Å². The van der Waals surface area contributed by atoms with Crippen molar-refractivity contribution >= 4 is 38.4 Å². The summed E-state index contributed by atoms with van der Waals surface area (Å²) in [6.07, 6.45) is 2.30. The van der Waals surface area contributed by atoms with E-state index < -0.39 is 16.1 Å². The predicted octanol–water partition coefficient (Wildman–Crippen LogP) is 2.39. The SMILES string of the molecule is O=S(=O)(c1ccc(Cl)cc1)N1C(CO)CCCC1C1=NCCS1. The lowest BCUT2D eigenvalue weighted by Crippen LogP contribution is -2.53. The number of aliphatic hydroxyl groups is 1. The summed E-state index contributed by atoms with van der Waals surface area (Å²) in [6.45, 7) is 0.552. The molecule has 5 nitrogen and oxygen atoms in total. The van der Waals surface area contributed by atoms with Gasteiger partial charge in [-0.15, -0.1) is 11.8 Å². The summed E-state index contributed by atoms with van der Waals surface area (Å²) in [7, 11) is -3.71. The minimum atomic E-state index is -3.71. The third-order valence-electron chi connectivity index (χ3n) is 4.18. The smallest absolute Gasteiger partial charge is 0.244 e. The zero-order valence-electron chi connectivity index (χ0n) is 12.6. The van der Waals surface area contributed by atoms with E-state index in [4.69, 9.17) is 11.6 Å². The normalized spacial score (nSPS) is 26.3. The highest BCUT2D eigenvalue weighted by molar-refractivity contribution is 8.14. The van der Waals surface area contributed by atoms with E-state index >= 15 is 0 Å². The largest absolute Gasteiger partial charge is 0.395 e. The zero-order chi connectivity index (χ0) is 16.4. The van der Waals surface area contributed by atoms with Gasteiger partial charge in [-0.1, -0.05) is 11.6 Å². The number of rotatable bonds is 4. The van der Waals surface area contributed by atoms with Crippen molar-refractivity contribution < 1.29 is 13.5 Å². The standard InChI is InChI=1S/C15H19ClN2O3S2/c16-11-4-6-13(7-5-11)23(20,21)18-12(10-19)2-1-3-14(18)15-17-8-9-22-15/h4-7,12,14,19H,1-3,8-10H2. The van der Waals surface area contributed by atoms with Crippen LogP contribution in [0.2, 0.25) is 5.02 Å². The van der Waals surface area contributed by atoms with Gasteiger partial charge in [-0.2, -0.15) is 4.31 Å². The minimum absolute atomic E-state index is 0.179. The Labute approximate surface area is 145 Å². The van der Waals surface area contributed by atoms with Crippen LogP contribution in [0.5, 0.6) is 0 Å². The molecule has 0 spiro atoms. The summed E-state index contributed by atoms with van der Waals surface area (Å²) in [5, 5.41) is 11.1. The third kappa shape index (κ3) is 3.44. The Bertz CT molecular complexity index is 691. The molecule has 0 bridgehead atoms. The molecule has 0 aliphatic carbocycles. The second-order valence-corrected chi connectivity index (χ2v) is 9.04. The number of piperidine rings is 1. The van der Waals surface area contributed by atoms with Gasteiger partial charge in [-0.05, 0) is 43.5 Å². The molecule has 2 aliphatic heterocycles. The van der Waals surface area contributed by atoms with Gasteiger partial charge < -0.3 is 5.11 Å². The number of halogens is 1. The van der Waals surface area contributed by atoms with Crippen molar-refractivity contribution in [1.82, 2.24) is 4.31 Å². The van der Waals surface area contributed by atoms with Crippen LogP contribution in [0.1, 0.15) is 19.3 Å². The molecule has 8 heteroatoms. The van der Waals surface area contributed by atoms with Crippen LogP contribution in [0.15, 0.2) is 34.2 Å². The van der Waals surface area contributed by atoms with E-state index in [0.29, 0.717) is 11.4 Å². The average molecular weight is 375 g/mol. The topological polar surface area (TPSA) is 70.0 Å². The predicted molar refractivity (Wildman–Crippen MR) is 93.7 cm³/mol. The van der Waals surface area contributed by atoms with Gasteiger partial charge in [0.15, 0.2) is 0 Å². The maximum atomic E-state index is 13.1. The molecule has 1 aromatic rings. The second-order valence-electron chi connectivity index (χ2n) is 5.64. The molecule has 1 saturated heterocycles. The van der Waals surface area contributed by atoms with E-state index in [0.717, 1.165) is 30.2 Å². The average Bonchev–Trinajstić information content (AvgIpc) is 3.09. The summed E-state index contributed by atoms with van der Waals surface area (Å²) in [6, 6.07) is 5.50. The molecule has 2 atom stereocenters. The number of sulfonamides is 1. The molecule has 23 heavy (non-hydrogen) atoms. The Morgan fingerprint density at radius 3 is 2.65 bits per heavy atom. The monoisotopic (exact) mass is 374 g/mol. The number of aliphatic imine (C=N–C) groups is 1. The molecule has 0 radical (unpaired) electrons. The van der Waals surface area contributed by atoms with E-state index in [9.17, 15) is 13.5 Å². The minimum Gasteiger partial charge on any atom is -0.395 e. The number of benzene rings is 1. The molecular formula is C15H19ClN2O3S2. The highest BCUT2D eigenvalue weighted by Crippen LogP contribution is 2.34. The summed E-state index contributed by atoms with van der Waals surface area (Å²) in [5.41, 5.74) is 0. The second kappa shape index (κ2) is 7.11. The molecule has 0 saturated carbocycles. The van der Waals surface area contributed by atoms with Gasteiger partial charge in [-0.3, -0.25) is 4.99 Å². The molecule has 2 aliphatic rings. The lowest BCUT2D eigenvalue weighted by molar-refractivity contribution is 0.139. The van der Waals surface area contributed by atoms with Gasteiger partial charge in [0, 0.05) is 23.4 Å². The number of nitrogens with zero attached hydrogens (tertiary/aromatic N) is 2. The van der Waals surface area contributed by atoms with Crippen molar-refractivity contribution in [3.8, 4) is 0 Å². The molecule has 0 aromatic heterocycles. The van der Waals surface area contributed by atoms with Crippen LogP contribution < -0.4 is 0 Å². The summed E-state index contributed by atoms with van der Waals surface area (Å²) >= 11 is 7.48. The van der Waals surface area contributed by atoms with E-state index in [2.05, 4.69) is 4.99 Å². The van der Waals surface area contributed by atoms with Crippen molar-refractivity contribution in [1.29, 1.82) is 0 Å². The lowest BCUT2D eigenvalue weighted by atomic mass is 9.99. The maximum absolute atomic E-state index is 13.1. The maximum Gasteiger partial charge on any atom is 0.244 e. The molecule has 2 heterocycles. The molecule has 1 fully saturated rings. The molecule has 0 amide bonds. The molecule has 126 valence electrons. The fourth-order valence-corrected chi connectivity index (χ4v) is 6.12.